The highest BCUT2D eigenvalue weighted by Gasteiger charge is 2.34. The summed E-state index contributed by atoms with van der Waals surface area (Å²) in [6, 6.07) is 0. The minimum Gasteiger partial charge on any atom is -0.491 e. The molecule has 24 heavy (non-hydrogen) atoms. The van der Waals surface area contributed by atoms with E-state index < -0.39 is 11.7 Å². The fourth-order valence-electron chi connectivity index (χ4n) is 2.31. The van der Waals surface area contributed by atoms with Gasteiger partial charge in [0.2, 0.25) is 0 Å². The number of alkyl halides is 3. The Balaban J connectivity index is 0.00000118. The van der Waals surface area contributed by atoms with E-state index in [1.54, 1.807) is 7.11 Å². The molecule has 0 amide bonds. The predicted molar refractivity (Wildman–Crippen MR) is 92.8 cm³/mol. The van der Waals surface area contributed by atoms with Crippen LogP contribution in [0.1, 0.15) is 59.3 Å². The van der Waals surface area contributed by atoms with Crippen molar-refractivity contribution >= 4 is 0 Å². The van der Waals surface area contributed by atoms with Gasteiger partial charge in [0.05, 0.1) is 17.8 Å². The number of unbranched alkanes of at least 4 members (excludes halogenated alkanes) is 1. The first-order chi connectivity index (χ1) is 11.2. The molecule has 1 saturated carbocycles. The quantitative estimate of drug-likeness (QED) is 0.411. The molecule has 0 aromatic heterocycles. The SMILES string of the molecule is C=C/C(=C(/C)C(=C)OC1CCC(OC)CC1)C(F)(F)F.CCCC. The predicted octanol–water partition coefficient (Wildman–Crippen LogP) is 6.35. The standard InChI is InChI=1S/C15H21F3O2.C4H10/c1-5-14(15(16,17)18)10(2)11(3)20-13-8-6-12(19-4)7-9-13;1-3-4-2/h5,12-13H,1,3,6-9H2,2,4H3;3-4H2,1-2H3/b14-10+;. The molecular formula is C19H31F3O2. The Hall–Kier alpha value is -1.23. The summed E-state index contributed by atoms with van der Waals surface area (Å²) in [6.07, 6.45) is 2.36. The summed E-state index contributed by atoms with van der Waals surface area (Å²) in [5.41, 5.74) is -0.811. The zero-order valence-electron chi connectivity index (χ0n) is 15.3. The summed E-state index contributed by atoms with van der Waals surface area (Å²) in [5.74, 6) is 0.0677. The van der Waals surface area contributed by atoms with Crippen molar-refractivity contribution in [3.8, 4) is 0 Å². The monoisotopic (exact) mass is 348 g/mol. The van der Waals surface area contributed by atoms with Gasteiger partial charge in [-0.25, -0.2) is 0 Å². The van der Waals surface area contributed by atoms with Crippen molar-refractivity contribution in [2.45, 2.75) is 77.7 Å². The van der Waals surface area contributed by atoms with Crippen LogP contribution in [0.25, 0.3) is 0 Å². The fourth-order valence-corrected chi connectivity index (χ4v) is 2.31. The molecule has 2 nitrogen and oxygen atoms in total. The van der Waals surface area contributed by atoms with Crippen LogP contribution in [0.4, 0.5) is 13.2 Å². The third kappa shape index (κ3) is 8.04. The average molecular weight is 348 g/mol. The lowest BCUT2D eigenvalue weighted by Crippen LogP contribution is -2.26. The number of halogens is 3. The first-order valence-electron chi connectivity index (χ1n) is 8.50. The van der Waals surface area contributed by atoms with Crippen LogP contribution in [0, 0.1) is 0 Å². The first-order valence-corrected chi connectivity index (χ1v) is 8.50. The highest BCUT2D eigenvalue weighted by molar-refractivity contribution is 5.36. The first kappa shape index (κ1) is 22.8. The molecule has 0 spiro atoms. The van der Waals surface area contributed by atoms with Crippen LogP contribution in [0.15, 0.2) is 36.1 Å². The Morgan fingerprint density at radius 2 is 1.54 bits per heavy atom. The van der Waals surface area contributed by atoms with Crippen molar-refractivity contribution in [3.63, 3.8) is 0 Å². The number of hydrogen-bond donors (Lipinski definition) is 0. The molecular weight excluding hydrogens is 317 g/mol. The van der Waals surface area contributed by atoms with Crippen LogP contribution in [-0.4, -0.2) is 25.5 Å². The number of methoxy groups -OCH3 is 1. The Morgan fingerprint density at radius 3 is 1.88 bits per heavy atom. The van der Waals surface area contributed by atoms with Gasteiger partial charge >= 0.3 is 6.18 Å². The van der Waals surface area contributed by atoms with Crippen LogP contribution in [0.3, 0.4) is 0 Å². The maximum absolute atomic E-state index is 12.8. The number of ether oxygens (including phenoxy) is 2. The molecule has 0 aromatic carbocycles. The molecule has 0 heterocycles. The van der Waals surface area contributed by atoms with Gasteiger partial charge in [-0.05, 0) is 32.6 Å². The van der Waals surface area contributed by atoms with Crippen LogP contribution >= 0.6 is 0 Å². The summed E-state index contributed by atoms with van der Waals surface area (Å²) >= 11 is 0. The molecule has 0 unspecified atom stereocenters. The summed E-state index contributed by atoms with van der Waals surface area (Å²) in [4.78, 5) is 0. The highest BCUT2D eigenvalue weighted by atomic mass is 19.4. The summed E-state index contributed by atoms with van der Waals surface area (Å²) in [5, 5.41) is 0. The molecule has 140 valence electrons. The minimum absolute atomic E-state index is 0.0126. The van der Waals surface area contributed by atoms with Gasteiger partial charge in [0.1, 0.15) is 5.76 Å². The summed E-state index contributed by atoms with van der Waals surface area (Å²) in [6.45, 7) is 12.5. The maximum Gasteiger partial charge on any atom is 0.416 e. The van der Waals surface area contributed by atoms with Crippen molar-refractivity contribution in [2.24, 2.45) is 0 Å². The topological polar surface area (TPSA) is 18.5 Å². The highest BCUT2D eigenvalue weighted by Crippen LogP contribution is 2.33. The lowest BCUT2D eigenvalue weighted by Gasteiger charge is -2.29. The Kier molecular flexibility index (Phi) is 10.8. The number of allylic oxidation sites excluding steroid dienone is 3. The van der Waals surface area contributed by atoms with Gasteiger partial charge in [0.15, 0.2) is 0 Å². The van der Waals surface area contributed by atoms with Crippen molar-refractivity contribution in [2.75, 3.05) is 7.11 Å². The van der Waals surface area contributed by atoms with E-state index in [-0.39, 0.29) is 23.5 Å². The van der Waals surface area contributed by atoms with Crippen molar-refractivity contribution in [3.05, 3.63) is 36.1 Å². The summed E-state index contributed by atoms with van der Waals surface area (Å²) in [7, 11) is 1.66. The number of rotatable bonds is 6. The molecule has 5 heteroatoms. The molecule has 1 rings (SSSR count). The fraction of sp³-hybridized carbons (Fsp3) is 0.684. The molecule has 1 aliphatic rings. The van der Waals surface area contributed by atoms with E-state index in [0.29, 0.717) is 0 Å². The summed E-state index contributed by atoms with van der Waals surface area (Å²) < 4.78 is 49.1. The van der Waals surface area contributed by atoms with Crippen molar-refractivity contribution in [1.82, 2.24) is 0 Å². The second-order valence-electron chi connectivity index (χ2n) is 5.92. The van der Waals surface area contributed by atoms with E-state index in [1.165, 1.54) is 19.8 Å². The van der Waals surface area contributed by atoms with Gasteiger partial charge in [-0.3, -0.25) is 0 Å². The molecule has 0 bridgehead atoms. The second-order valence-corrected chi connectivity index (χ2v) is 5.92. The van der Waals surface area contributed by atoms with Gasteiger partial charge in [-0.15, -0.1) is 0 Å². The Bertz CT molecular complexity index is 415. The van der Waals surface area contributed by atoms with Gasteiger partial charge < -0.3 is 9.47 Å². The zero-order chi connectivity index (χ0) is 18.8. The molecule has 0 radical (unpaired) electrons. The molecule has 1 aliphatic carbocycles. The Labute approximate surface area is 144 Å². The van der Waals surface area contributed by atoms with Crippen LogP contribution < -0.4 is 0 Å². The molecule has 0 aliphatic heterocycles. The molecule has 1 fully saturated rings. The van der Waals surface area contributed by atoms with Gasteiger partial charge in [0, 0.05) is 12.7 Å². The minimum atomic E-state index is -4.44. The number of hydrogen-bond acceptors (Lipinski definition) is 2. The zero-order valence-corrected chi connectivity index (χ0v) is 15.3. The maximum atomic E-state index is 12.8. The van der Waals surface area contributed by atoms with E-state index in [9.17, 15) is 13.2 Å². The van der Waals surface area contributed by atoms with Gasteiger partial charge in [-0.1, -0.05) is 45.9 Å². The van der Waals surface area contributed by atoms with E-state index in [0.717, 1.165) is 31.8 Å². The molecule has 0 aromatic rings. The molecule has 0 N–H and O–H groups in total. The van der Waals surface area contributed by atoms with Gasteiger partial charge in [-0.2, -0.15) is 13.2 Å². The molecule has 0 saturated heterocycles. The third-order valence-electron chi connectivity index (χ3n) is 4.10. The average Bonchev–Trinajstić information content (AvgIpc) is 2.55. The van der Waals surface area contributed by atoms with E-state index in [4.69, 9.17) is 9.47 Å². The van der Waals surface area contributed by atoms with E-state index in [2.05, 4.69) is 27.0 Å². The molecule has 0 atom stereocenters. The normalized spacial score (nSPS) is 22.0. The third-order valence-corrected chi connectivity index (χ3v) is 4.10. The van der Waals surface area contributed by atoms with Crippen LogP contribution in [-0.2, 0) is 9.47 Å². The van der Waals surface area contributed by atoms with Gasteiger partial charge in [0.25, 0.3) is 0 Å². The van der Waals surface area contributed by atoms with Crippen LogP contribution in [0.5, 0.6) is 0 Å². The van der Waals surface area contributed by atoms with Crippen molar-refractivity contribution in [1.29, 1.82) is 0 Å². The van der Waals surface area contributed by atoms with E-state index in [1.807, 2.05) is 0 Å². The van der Waals surface area contributed by atoms with E-state index >= 15 is 0 Å². The Morgan fingerprint density at radius 1 is 1.08 bits per heavy atom. The smallest absolute Gasteiger partial charge is 0.416 e. The lowest BCUT2D eigenvalue weighted by molar-refractivity contribution is -0.0893. The van der Waals surface area contributed by atoms with Crippen LogP contribution in [0.2, 0.25) is 0 Å². The largest absolute Gasteiger partial charge is 0.491 e. The van der Waals surface area contributed by atoms with Crippen molar-refractivity contribution < 1.29 is 22.6 Å². The lowest BCUT2D eigenvalue weighted by atomic mass is 9.95. The second kappa shape index (κ2) is 11.3.